The maximum absolute atomic E-state index is 11.5. The second-order valence-corrected chi connectivity index (χ2v) is 7.22. The summed E-state index contributed by atoms with van der Waals surface area (Å²) in [5.41, 5.74) is 4.07. The number of rotatable bonds is 12. The van der Waals surface area contributed by atoms with Crippen LogP contribution in [0.3, 0.4) is 0 Å². The van der Waals surface area contributed by atoms with E-state index in [2.05, 4.69) is 0 Å². The molecule has 0 bridgehead atoms. The summed E-state index contributed by atoms with van der Waals surface area (Å²) < 4.78 is 21.1. The predicted octanol–water partition coefficient (Wildman–Crippen LogP) is 2.49. The first-order valence-electron chi connectivity index (χ1n) is 8.79. The van der Waals surface area contributed by atoms with Crippen molar-refractivity contribution in [3.63, 3.8) is 0 Å². The molecule has 11 heteroatoms. The fraction of sp³-hybridized carbons (Fsp3) is 0.556. The summed E-state index contributed by atoms with van der Waals surface area (Å²) in [6.07, 6.45) is 0.147. The number of carbonyl (C=O) groups is 2. The van der Waals surface area contributed by atoms with Crippen LogP contribution in [-0.4, -0.2) is 55.4 Å². The number of nitrogens with zero attached hydrogens (tertiary/aromatic N) is 1. The van der Waals surface area contributed by atoms with Gasteiger partial charge in [0.1, 0.15) is 18.0 Å². The van der Waals surface area contributed by atoms with Crippen molar-refractivity contribution < 1.29 is 33.5 Å². The molecule has 0 heterocycles. The largest absolute Gasteiger partial charge is 0.489 e. The molecule has 2 N–H and O–H groups in total. The van der Waals surface area contributed by atoms with Crippen LogP contribution in [0.15, 0.2) is 12.1 Å². The van der Waals surface area contributed by atoms with E-state index in [-0.39, 0.29) is 61.8 Å². The standard InChI is InChI=1S/C18H25ClN2O8/c1-18(2,3)29-15(22)4-5-26-6-7-27-8-9-28-14-11-12(17(20)23)10-13(16(14)19)21(24)25/h10-11H,4-9H2,1-3H3,(H2,20,23). The molecule has 0 spiro atoms. The molecule has 0 atom stereocenters. The molecule has 0 aliphatic rings. The van der Waals surface area contributed by atoms with Crippen molar-refractivity contribution in [3.05, 3.63) is 32.8 Å². The van der Waals surface area contributed by atoms with Crippen molar-refractivity contribution in [1.82, 2.24) is 0 Å². The van der Waals surface area contributed by atoms with Crippen LogP contribution >= 0.6 is 11.6 Å². The number of carbonyl (C=O) groups excluding carboxylic acids is 2. The Morgan fingerprint density at radius 3 is 2.24 bits per heavy atom. The Hall–Kier alpha value is -2.43. The Labute approximate surface area is 173 Å². The number of hydrogen-bond donors (Lipinski definition) is 1. The molecule has 0 saturated carbocycles. The molecule has 0 aromatic heterocycles. The Morgan fingerprint density at radius 2 is 1.69 bits per heavy atom. The Kier molecular flexibility index (Phi) is 9.79. The number of primary amides is 1. The van der Waals surface area contributed by atoms with Crippen LogP contribution in [0, 0.1) is 10.1 Å². The summed E-state index contributed by atoms with van der Waals surface area (Å²) >= 11 is 5.93. The van der Waals surface area contributed by atoms with Crippen molar-refractivity contribution in [1.29, 1.82) is 0 Å². The molecule has 10 nitrogen and oxygen atoms in total. The van der Waals surface area contributed by atoms with E-state index in [0.717, 1.165) is 6.07 Å². The van der Waals surface area contributed by atoms with Crippen LogP contribution < -0.4 is 10.5 Å². The molecular weight excluding hydrogens is 408 g/mol. The molecule has 1 aromatic carbocycles. The van der Waals surface area contributed by atoms with Gasteiger partial charge in [0.05, 0.1) is 37.8 Å². The minimum atomic E-state index is -0.839. The van der Waals surface area contributed by atoms with Gasteiger partial charge in [0.2, 0.25) is 5.91 Å². The van der Waals surface area contributed by atoms with Gasteiger partial charge in [0.15, 0.2) is 5.02 Å². The highest BCUT2D eigenvalue weighted by molar-refractivity contribution is 6.34. The van der Waals surface area contributed by atoms with Crippen LogP contribution in [0.2, 0.25) is 5.02 Å². The van der Waals surface area contributed by atoms with Gasteiger partial charge in [0, 0.05) is 11.6 Å². The second kappa shape index (κ2) is 11.5. The van der Waals surface area contributed by atoms with Crippen molar-refractivity contribution >= 4 is 29.2 Å². The summed E-state index contributed by atoms with van der Waals surface area (Å²) in [5.74, 6) is -1.21. The average molecular weight is 433 g/mol. The molecule has 0 fully saturated rings. The number of nitrogens with two attached hydrogens (primary N) is 1. The van der Waals surface area contributed by atoms with E-state index in [0.29, 0.717) is 0 Å². The van der Waals surface area contributed by atoms with Gasteiger partial charge in [0.25, 0.3) is 5.69 Å². The lowest BCUT2D eigenvalue weighted by Crippen LogP contribution is -2.24. The fourth-order valence-corrected chi connectivity index (χ4v) is 2.28. The van der Waals surface area contributed by atoms with E-state index in [1.807, 2.05) is 0 Å². The highest BCUT2D eigenvalue weighted by Crippen LogP contribution is 2.35. The van der Waals surface area contributed by atoms with E-state index < -0.39 is 22.1 Å². The highest BCUT2D eigenvalue weighted by atomic mass is 35.5. The first-order chi connectivity index (χ1) is 13.5. The van der Waals surface area contributed by atoms with Gasteiger partial charge in [-0.15, -0.1) is 0 Å². The summed E-state index contributed by atoms with van der Waals surface area (Å²) in [5, 5.41) is 10.8. The monoisotopic (exact) mass is 432 g/mol. The van der Waals surface area contributed by atoms with Gasteiger partial charge < -0.3 is 24.7 Å². The zero-order chi connectivity index (χ0) is 22.0. The van der Waals surface area contributed by atoms with Crippen LogP contribution in [-0.2, 0) is 19.0 Å². The number of halogens is 1. The zero-order valence-corrected chi connectivity index (χ0v) is 17.3. The molecule has 29 heavy (non-hydrogen) atoms. The molecular formula is C18H25ClN2O8. The summed E-state index contributed by atoms with van der Waals surface area (Å²) in [6, 6.07) is 2.22. The lowest BCUT2D eigenvalue weighted by Gasteiger charge is -2.19. The van der Waals surface area contributed by atoms with Gasteiger partial charge in [-0.3, -0.25) is 19.7 Å². The Morgan fingerprint density at radius 1 is 1.10 bits per heavy atom. The van der Waals surface area contributed by atoms with Crippen molar-refractivity contribution in [2.24, 2.45) is 5.73 Å². The quantitative estimate of drug-likeness (QED) is 0.230. The van der Waals surface area contributed by atoms with Gasteiger partial charge in [-0.25, -0.2) is 0 Å². The first-order valence-corrected chi connectivity index (χ1v) is 9.17. The van der Waals surface area contributed by atoms with Gasteiger partial charge in [-0.1, -0.05) is 11.6 Å². The summed E-state index contributed by atoms with van der Waals surface area (Å²) in [7, 11) is 0. The van der Waals surface area contributed by atoms with Crippen LogP contribution in [0.1, 0.15) is 37.6 Å². The SMILES string of the molecule is CC(C)(C)OC(=O)CCOCCOCCOc1cc(C(N)=O)cc([N+](=O)[O-])c1Cl. The third kappa shape index (κ3) is 9.55. The normalized spacial score (nSPS) is 11.2. The third-order valence-electron chi connectivity index (χ3n) is 3.23. The highest BCUT2D eigenvalue weighted by Gasteiger charge is 2.21. The molecule has 1 aromatic rings. The lowest BCUT2D eigenvalue weighted by atomic mass is 10.2. The van der Waals surface area contributed by atoms with E-state index in [1.165, 1.54) is 6.07 Å². The minimum Gasteiger partial charge on any atom is -0.489 e. The van der Waals surface area contributed by atoms with Crippen LogP contribution in [0.4, 0.5) is 5.69 Å². The van der Waals surface area contributed by atoms with Gasteiger partial charge in [-0.2, -0.15) is 0 Å². The number of esters is 1. The third-order valence-corrected chi connectivity index (χ3v) is 3.61. The molecule has 0 unspecified atom stereocenters. The van der Waals surface area contributed by atoms with Crippen LogP contribution in [0.5, 0.6) is 5.75 Å². The van der Waals surface area contributed by atoms with Gasteiger partial charge >= 0.3 is 5.97 Å². The predicted molar refractivity (Wildman–Crippen MR) is 104 cm³/mol. The molecule has 0 saturated heterocycles. The molecule has 0 radical (unpaired) electrons. The number of amides is 1. The summed E-state index contributed by atoms with van der Waals surface area (Å²) in [6.45, 7) is 6.30. The molecule has 1 amide bonds. The van der Waals surface area contributed by atoms with E-state index in [4.69, 9.17) is 36.3 Å². The maximum Gasteiger partial charge on any atom is 0.308 e. The lowest BCUT2D eigenvalue weighted by molar-refractivity contribution is -0.384. The molecule has 1 rings (SSSR count). The Bertz CT molecular complexity index is 733. The average Bonchev–Trinajstić information content (AvgIpc) is 2.59. The topological polar surface area (TPSA) is 140 Å². The number of ether oxygens (including phenoxy) is 4. The number of benzene rings is 1. The molecule has 162 valence electrons. The van der Waals surface area contributed by atoms with Crippen molar-refractivity contribution in [3.8, 4) is 5.75 Å². The van der Waals surface area contributed by atoms with E-state index in [9.17, 15) is 19.7 Å². The van der Waals surface area contributed by atoms with Crippen molar-refractivity contribution in [2.45, 2.75) is 32.8 Å². The number of nitro benzene ring substituents is 1. The zero-order valence-electron chi connectivity index (χ0n) is 16.6. The maximum atomic E-state index is 11.5. The van der Waals surface area contributed by atoms with E-state index in [1.54, 1.807) is 20.8 Å². The summed E-state index contributed by atoms with van der Waals surface area (Å²) in [4.78, 5) is 33.1. The van der Waals surface area contributed by atoms with Crippen molar-refractivity contribution in [2.75, 3.05) is 33.0 Å². The molecule has 0 aliphatic carbocycles. The molecule has 0 aliphatic heterocycles. The minimum absolute atomic E-state index is 0.0353. The fourth-order valence-electron chi connectivity index (χ4n) is 2.04. The number of nitro groups is 1. The smallest absolute Gasteiger partial charge is 0.308 e. The van der Waals surface area contributed by atoms with Crippen LogP contribution in [0.25, 0.3) is 0 Å². The Balaban J connectivity index is 2.29. The number of hydrogen-bond acceptors (Lipinski definition) is 8. The van der Waals surface area contributed by atoms with E-state index >= 15 is 0 Å². The first kappa shape index (κ1) is 24.6. The van der Waals surface area contributed by atoms with Gasteiger partial charge in [-0.05, 0) is 26.8 Å². The second-order valence-electron chi connectivity index (χ2n) is 6.84.